The van der Waals surface area contributed by atoms with Crippen molar-refractivity contribution in [3.05, 3.63) is 0 Å². The Kier molecular flexibility index (Phi) is 6.78. The zero-order valence-corrected chi connectivity index (χ0v) is 12.7. The summed E-state index contributed by atoms with van der Waals surface area (Å²) in [7, 11) is 2.08. The molecule has 6 nitrogen and oxygen atoms in total. The van der Waals surface area contributed by atoms with E-state index < -0.39 is 12.0 Å². The Bertz CT molecular complexity index is 336. The number of unbranched alkanes of at least 4 members (excludes halogenated alkanes) is 1. The summed E-state index contributed by atoms with van der Waals surface area (Å²) in [5.41, 5.74) is 0. The molecule has 1 heterocycles. The summed E-state index contributed by atoms with van der Waals surface area (Å²) in [5.74, 6) is -0.967. The highest BCUT2D eigenvalue weighted by Gasteiger charge is 2.25. The highest BCUT2D eigenvalue weighted by atomic mass is 16.4. The van der Waals surface area contributed by atoms with Crippen LogP contribution in [0.4, 0.5) is 4.79 Å². The van der Waals surface area contributed by atoms with Crippen molar-refractivity contribution in [3.8, 4) is 0 Å². The van der Waals surface area contributed by atoms with Crippen molar-refractivity contribution in [3.63, 3.8) is 0 Å². The summed E-state index contributed by atoms with van der Waals surface area (Å²) < 4.78 is 0. The molecule has 0 saturated carbocycles. The van der Waals surface area contributed by atoms with Crippen LogP contribution < -0.4 is 10.6 Å². The fourth-order valence-electron chi connectivity index (χ4n) is 2.47. The first-order chi connectivity index (χ1) is 9.43. The van der Waals surface area contributed by atoms with Gasteiger partial charge in [0.25, 0.3) is 0 Å². The lowest BCUT2D eigenvalue weighted by Gasteiger charge is -2.35. The summed E-state index contributed by atoms with van der Waals surface area (Å²) >= 11 is 0. The molecule has 3 N–H and O–H groups in total. The van der Waals surface area contributed by atoms with Gasteiger partial charge in [-0.2, -0.15) is 0 Å². The molecule has 1 aliphatic heterocycles. The van der Waals surface area contributed by atoms with Crippen LogP contribution in [0.15, 0.2) is 0 Å². The van der Waals surface area contributed by atoms with Crippen LogP contribution in [0.2, 0.25) is 0 Å². The largest absolute Gasteiger partial charge is 0.480 e. The minimum atomic E-state index is -0.967. The summed E-state index contributed by atoms with van der Waals surface area (Å²) in [6, 6.07) is -0.597. The van der Waals surface area contributed by atoms with Crippen LogP contribution in [-0.4, -0.2) is 53.7 Å². The van der Waals surface area contributed by atoms with E-state index in [1.807, 2.05) is 6.92 Å². The lowest BCUT2D eigenvalue weighted by molar-refractivity contribution is -0.139. The Hall–Kier alpha value is -1.30. The van der Waals surface area contributed by atoms with Gasteiger partial charge in [-0.05, 0) is 33.2 Å². The summed E-state index contributed by atoms with van der Waals surface area (Å²) in [5, 5.41) is 14.5. The van der Waals surface area contributed by atoms with Crippen LogP contribution in [0.5, 0.6) is 0 Å². The fraction of sp³-hybridized carbons (Fsp3) is 0.857. The standard InChI is InChI=1S/C14H27N3O3/c1-4-5-6-12(13(18)19)16-14(20)15-11-7-8-17(3)10(2)9-11/h10-12H,4-9H2,1-3H3,(H,18,19)(H2,15,16,20). The number of nitrogens with one attached hydrogen (secondary N) is 2. The monoisotopic (exact) mass is 285 g/mol. The van der Waals surface area contributed by atoms with Gasteiger partial charge < -0.3 is 20.6 Å². The Labute approximate surface area is 120 Å². The van der Waals surface area contributed by atoms with Gasteiger partial charge in [0, 0.05) is 18.6 Å². The molecule has 0 aromatic rings. The predicted octanol–water partition coefficient (Wildman–Crippen LogP) is 1.41. The molecule has 20 heavy (non-hydrogen) atoms. The quantitative estimate of drug-likeness (QED) is 0.689. The number of piperidine rings is 1. The van der Waals surface area contributed by atoms with E-state index in [9.17, 15) is 9.59 Å². The first-order valence-corrected chi connectivity index (χ1v) is 7.44. The Morgan fingerprint density at radius 3 is 2.70 bits per heavy atom. The smallest absolute Gasteiger partial charge is 0.326 e. The van der Waals surface area contributed by atoms with Crippen LogP contribution in [0, 0.1) is 0 Å². The number of amides is 2. The summed E-state index contributed by atoms with van der Waals surface area (Å²) in [6.07, 6.45) is 3.99. The molecule has 0 aromatic carbocycles. The van der Waals surface area contributed by atoms with Gasteiger partial charge in [0.1, 0.15) is 6.04 Å². The van der Waals surface area contributed by atoms with E-state index in [-0.39, 0.29) is 12.1 Å². The van der Waals surface area contributed by atoms with E-state index in [1.165, 1.54) is 0 Å². The Morgan fingerprint density at radius 2 is 2.15 bits per heavy atom. The van der Waals surface area contributed by atoms with Crippen LogP contribution >= 0.6 is 0 Å². The zero-order chi connectivity index (χ0) is 15.1. The number of rotatable bonds is 6. The second-order valence-electron chi connectivity index (χ2n) is 5.70. The number of carboxylic acids is 1. The van der Waals surface area contributed by atoms with Crippen molar-refractivity contribution in [1.29, 1.82) is 0 Å². The van der Waals surface area contributed by atoms with E-state index in [1.54, 1.807) is 0 Å². The second kappa shape index (κ2) is 8.09. The highest BCUT2D eigenvalue weighted by Crippen LogP contribution is 2.15. The second-order valence-corrected chi connectivity index (χ2v) is 5.70. The molecular formula is C14H27N3O3. The van der Waals surface area contributed by atoms with E-state index in [2.05, 4.69) is 29.5 Å². The number of carbonyl (C=O) groups excluding carboxylic acids is 1. The molecule has 3 atom stereocenters. The lowest BCUT2D eigenvalue weighted by atomic mass is 9.99. The Balaban J connectivity index is 2.39. The summed E-state index contributed by atoms with van der Waals surface area (Å²) in [6.45, 7) is 5.08. The molecule has 1 saturated heterocycles. The molecule has 116 valence electrons. The summed E-state index contributed by atoms with van der Waals surface area (Å²) in [4.78, 5) is 25.2. The molecule has 3 unspecified atom stereocenters. The van der Waals surface area contributed by atoms with Gasteiger partial charge in [0.2, 0.25) is 0 Å². The minimum Gasteiger partial charge on any atom is -0.480 e. The van der Waals surface area contributed by atoms with Gasteiger partial charge in [-0.1, -0.05) is 19.8 Å². The minimum absolute atomic E-state index is 0.127. The molecule has 0 bridgehead atoms. The molecule has 2 amide bonds. The number of urea groups is 1. The normalized spacial score (nSPS) is 24.9. The van der Waals surface area contributed by atoms with Crippen molar-refractivity contribution in [2.24, 2.45) is 0 Å². The first-order valence-electron chi connectivity index (χ1n) is 7.44. The van der Waals surface area contributed by atoms with Gasteiger partial charge in [0.05, 0.1) is 0 Å². The number of carbonyl (C=O) groups is 2. The van der Waals surface area contributed by atoms with Gasteiger partial charge in [-0.3, -0.25) is 0 Å². The average molecular weight is 285 g/mol. The zero-order valence-electron chi connectivity index (χ0n) is 12.7. The molecule has 1 fully saturated rings. The third kappa shape index (κ3) is 5.36. The predicted molar refractivity (Wildman–Crippen MR) is 77.7 cm³/mol. The molecule has 0 spiro atoms. The maximum atomic E-state index is 11.9. The van der Waals surface area contributed by atoms with Crippen molar-refractivity contribution >= 4 is 12.0 Å². The number of carboxylic acid groups (broad SMARTS) is 1. The highest BCUT2D eigenvalue weighted by molar-refractivity contribution is 5.82. The van der Waals surface area contributed by atoms with Crippen LogP contribution in [0.3, 0.4) is 0 Å². The molecule has 0 aliphatic carbocycles. The molecule has 1 aliphatic rings. The molecule has 6 heteroatoms. The number of nitrogens with zero attached hydrogens (tertiary/aromatic N) is 1. The Morgan fingerprint density at radius 1 is 1.45 bits per heavy atom. The number of hydrogen-bond acceptors (Lipinski definition) is 3. The molecule has 0 aromatic heterocycles. The van der Waals surface area contributed by atoms with Crippen molar-refractivity contribution < 1.29 is 14.7 Å². The number of aliphatic carboxylic acids is 1. The molecular weight excluding hydrogens is 258 g/mol. The van der Waals surface area contributed by atoms with Gasteiger partial charge >= 0.3 is 12.0 Å². The van der Waals surface area contributed by atoms with E-state index >= 15 is 0 Å². The maximum absolute atomic E-state index is 11.9. The van der Waals surface area contributed by atoms with Crippen LogP contribution in [-0.2, 0) is 4.79 Å². The first kappa shape index (κ1) is 16.8. The SMILES string of the molecule is CCCCC(NC(=O)NC1CCN(C)C(C)C1)C(=O)O. The number of hydrogen-bond donors (Lipinski definition) is 3. The lowest BCUT2D eigenvalue weighted by Crippen LogP contribution is -2.52. The van der Waals surface area contributed by atoms with Gasteiger partial charge in [0.15, 0.2) is 0 Å². The van der Waals surface area contributed by atoms with E-state index in [4.69, 9.17) is 5.11 Å². The van der Waals surface area contributed by atoms with Gasteiger partial charge in [-0.15, -0.1) is 0 Å². The molecule has 0 radical (unpaired) electrons. The topological polar surface area (TPSA) is 81.7 Å². The van der Waals surface area contributed by atoms with E-state index in [0.717, 1.165) is 32.2 Å². The number of likely N-dealkylation sites (tertiary alicyclic amines) is 1. The maximum Gasteiger partial charge on any atom is 0.326 e. The van der Waals surface area contributed by atoms with Crippen molar-refractivity contribution in [1.82, 2.24) is 15.5 Å². The van der Waals surface area contributed by atoms with Crippen LogP contribution in [0.25, 0.3) is 0 Å². The van der Waals surface area contributed by atoms with Crippen molar-refractivity contribution in [2.45, 2.75) is 64.1 Å². The fourth-order valence-corrected chi connectivity index (χ4v) is 2.47. The van der Waals surface area contributed by atoms with E-state index in [0.29, 0.717) is 12.5 Å². The van der Waals surface area contributed by atoms with Crippen molar-refractivity contribution in [2.75, 3.05) is 13.6 Å². The van der Waals surface area contributed by atoms with Gasteiger partial charge in [-0.25, -0.2) is 9.59 Å². The third-order valence-electron chi connectivity index (χ3n) is 3.99. The average Bonchev–Trinajstić information content (AvgIpc) is 2.38. The van der Waals surface area contributed by atoms with Crippen LogP contribution in [0.1, 0.15) is 46.0 Å². The molecule has 1 rings (SSSR count). The third-order valence-corrected chi connectivity index (χ3v) is 3.99.